The summed E-state index contributed by atoms with van der Waals surface area (Å²) < 4.78 is 22.7. The van der Waals surface area contributed by atoms with Gasteiger partial charge in [0.25, 0.3) is 0 Å². The maximum atomic E-state index is 11.8. The van der Waals surface area contributed by atoms with E-state index < -0.39 is 19.0 Å². The molecule has 15 heavy (non-hydrogen) atoms. The van der Waals surface area contributed by atoms with Crippen LogP contribution in [0.2, 0.25) is 0 Å². The van der Waals surface area contributed by atoms with Gasteiger partial charge in [0.2, 0.25) is 0 Å². The maximum Gasteiger partial charge on any atom is 0.173 e. The van der Waals surface area contributed by atoms with Gasteiger partial charge in [-0.15, -0.1) is 23.5 Å². The van der Waals surface area contributed by atoms with Crippen molar-refractivity contribution in [2.24, 2.45) is 0 Å². The van der Waals surface area contributed by atoms with Gasteiger partial charge < -0.3 is 10.2 Å². The molecule has 0 bridgehead atoms. The molecule has 7 heteroatoms. The minimum absolute atomic E-state index is 0.0112. The second-order valence-electron chi connectivity index (χ2n) is 2.91. The summed E-state index contributed by atoms with van der Waals surface area (Å²) in [7, 11) is -3.18. The van der Waals surface area contributed by atoms with Gasteiger partial charge in [-0.1, -0.05) is 0 Å². The molecule has 0 aliphatic rings. The zero-order chi connectivity index (χ0) is 11.9. The third kappa shape index (κ3) is 5.44. The number of sulfone groups is 1. The first kappa shape index (κ1) is 15.6. The molecule has 0 aliphatic carbocycles. The average Bonchev–Trinajstić information content (AvgIpc) is 2.21. The van der Waals surface area contributed by atoms with E-state index in [4.69, 9.17) is 10.2 Å². The first-order chi connectivity index (χ1) is 6.96. The number of rotatable bonds is 8. The van der Waals surface area contributed by atoms with Crippen LogP contribution in [0.15, 0.2) is 0 Å². The van der Waals surface area contributed by atoms with E-state index in [2.05, 4.69) is 0 Å². The molecule has 0 radical (unpaired) electrons. The molecule has 0 aromatic rings. The van der Waals surface area contributed by atoms with Gasteiger partial charge in [-0.3, -0.25) is 0 Å². The molecule has 2 unspecified atom stereocenters. The van der Waals surface area contributed by atoms with Crippen molar-refractivity contribution < 1.29 is 18.6 Å². The molecule has 0 rings (SSSR count). The van der Waals surface area contributed by atoms with Crippen LogP contribution in [0.5, 0.6) is 0 Å². The van der Waals surface area contributed by atoms with Gasteiger partial charge in [0.15, 0.2) is 9.84 Å². The standard InChI is InChI=1S/C8H18O4S3/c1-7(13-5-3-9)15(11,12)8(2)14-6-4-10/h7-10H,3-6H2,1-2H3. The molecular weight excluding hydrogens is 256 g/mol. The maximum absolute atomic E-state index is 11.8. The van der Waals surface area contributed by atoms with Gasteiger partial charge in [0.1, 0.15) is 9.16 Å². The Labute approximate surface area is 99.8 Å². The van der Waals surface area contributed by atoms with Crippen molar-refractivity contribution >= 4 is 33.4 Å². The van der Waals surface area contributed by atoms with E-state index in [0.29, 0.717) is 11.5 Å². The van der Waals surface area contributed by atoms with Gasteiger partial charge in [-0.25, -0.2) is 8.42 Å². The molecule has 0 aromatic heterocycles. The lowest BCUT2D eigenvalue weighted by Gasteiger charge is -2.17. The first-order valence-electron chi connectivity index (χ1n) is 4.64. The Bertz CT molecular complexity index is 233. The Hall–Kier alpha value is 0.570. The van der Waals surface area contributed by atoms with Crippen molar-refractivity contribution in [3.05, 3.63) is 0 Å². The highest BCUT2D eigenvalue weighted by Crippen LogP contribution is 2.26. The fourth-order valence-electron chi connectivity index (χ4n) is 0.897. The smallest absolute Gasteiger partial charge is 0.173 e. The zero-order valence-corrected chi connectivity index (χ0v) is 11.4. The van der Waals surface area contributed by atoms with E-state index in [9.17, 15) is 8.42 Å². The summed E-state index contributed by atoms with van der Waals surface area (Å²) in [5, 5.41) is 17.2. The molecule has 4 nitrogen and oxygen atoms in total. The quantitative estimate of drug-likeness (QED) is 0.673. The summed E-state index contributed by atoms with van der Waals surface area (Å²) in [6.45, 7) is 3.24. The molecule has 0 saturated carbocycles. The third-order valence-electron chi connectivity index (χ3n) is 1.81. The van der Waals surface area contributed by atoms with Crippen LogP contribution in [-0.4, -0.2) is 52.5 Å². The topological polar surface area (TPSA) is 74.6 Å². The summed E-state index contributed by atoms with van der Waals surface area (Å²) in [5.74, 6) is 0.857. The van der Waals surface area contributed by atoms with Crippen LogP contribution in [0.3, 0.4) is 0 Å². The molecule has 0 aromatic carbocycles. The van der Waals surface area contributed by atoms with Crippen LogP contribution in [0.4, 0.5) is 0 Å². The lowest BCUT2D eigenvalue weighted by Crippen LogP contribution is -2.24. The highest BCUT2D eigenvalue weighted by molar-refractivity contribution is 8.20. The summed E-state index contributed by atoms with van der Waals surface area (Å²) in [5.41, 5.74) is 0. The second kappa shape index (κ2) is 7.78. The molecule has 0 amide bonds. The molecule has 0 fully saturated rings. The van der Waals surface area contributed by atoms with Crippen LogP contribution < -0.4 is 0 Å². The van der Waals surface area contributed by atoms with E-state index in [1.54, 1.807) is 13.8 Å². The van der Waals surface area contributed by atoms with Crippen LogP contribution in [0, 0.1) is 0 Å². The van der Waals surface area contributed by atoms with Crippen molar-refractivity contribution in [2.45, 2.75) is 23.0 Å². The highest BCUT2D eigenvalue weighted by atomic mass is 32.3. The predicted molar refractivity (Wildman–Crippen MR) is 66.9 cm³/mol. The van der Waals surface area contributed by atoms with Gasteiger partial charge in [-0.2, -0.15) is 0 Å². The van der Waals surface area contributed by atoms with Crippen molar-refractivity contribution in [3.63, 3.8) is 0 Å². The fourth-order valence-corrected chi connectivity index (χ4v) is 5.62. The molecule has 0 heterocycles. The molecule has 2 atom stereocenters. The fraction of sp³-hybridized carbons (Fsp3) is 1.00. The summed E-state index contributed by atoms with van der Waals surface area (Å²) in [4.78, 5) is 0. The highest BCUT2D eigenvalue weighted by Gasteiger charge is 2.27. The molecule has 92 valence electrons. The number of aliphatic hydroxyl groups is 2. The van der Waals surface area contributed by atoms with Crippen LogP contribution in [-0.2, 0) is 9.84 Å². The van der Waals surface area contributed by atoms with Gasteiger partial charge in [-0.05, 0) is 13.8 Å². The predicted octanol–water partition coefficient (Wildman–Crippen LogP) is 0.544. The normalized spacial score (nSPS) is 16.3. The first-order valence-corrected chi connectivity index (χ1v) is 8.35. The molecule has 2 N–H and O–H groups in total. The number of aliphatic hydroxyl groups excluding tert-OH is 2. The van der Waals surface area contributed by atoms with Crippen LogP contribution in [0.25, 0.3) is 0 Å². The number of hydrogen-bond donors (Lipinski definition) is 2. The average molecular weight is 274 g/mol. The molecular formula is C8H18O4S3. The summed E-state index contributed by atoms with van der Waals surface area (Å²) >= 11 is 2.46. The minimum atomic E-state index is -3.18. The molecule has 0 aliphatic heterocycles. The largest absolute Gasteiger partial charge is 0.396 e. The lowest BCUT2D eigenvalue weighted by atomic mass is 10.9. The van der Waals surface area contributed by atoms with E-state index >= 15 is 0 Å². The summed E-state index contributed by atoms with van der Waals surface area (Å²) in [6.07, 6.45) is 0. The van der Waals surface area contributed by atoms with Crippen LogP contribution in [0.1, 0.15) is 13.8 Å². The Morgan fingerprint density at radius 1 is 1.00 bits per heavy atom. The monoisotopic (exact) mass is 274 g/mol. The zero-order valence-electron chi connectivity index (χ0n) is 8.92. The summed E-state index contributed by atoms with van der Waals surface area (Å²) in [6, 6.07) is 0. The molecule has 0 saturated heterocycles. The second-order valence-corrected chi connectivity index (χ2v) is 9.00. The SMILES string of the molecule is CC(SCCO)S(=O)(=O)C(C)SCCO. The third-order valence-corrected chi connectivity index (χ3v) is 7.86. The number of hydrogen-bond acceptors (Lipinski definition) is 6. The van der Waals surface area contributed by atoms with E-state index in [0.717, 1.165) is 0 Å². The number of thioether (sulfide) groups is 2. The lowest BCUT2D eigenvalue weighted by molar-refractivity contribution is 0.322. The van der Waals surface area contributed by atoms with Gasteiger partial charge >= 0.3 is 0 Å². The van der Waals surface area contributed by atoms with Crippen molar-refractivity contribution in [1.29, 1.82) is 0 Å². The van der Waals surface area contributed by atoms with E-state index in [1.165, 1.54) is 23.5 Å². The van der Waals surface area contributed by atoms with Gasteiger partial charge in [0.05, 0.1) is 13.2 Å². The van der Waals surface area contributed by atoms with Crippen molar-refractivity contribution in [3.8, 4) is 0 Å². The minimum Gasteiger partial charge on any atom is -0.396 e. The Balaban J connectivity index is 4.25. The Morgan fingerprint density at radius 2 is 1.33 bits per heavy atom. The molecule has 0 spiro atoms. The Kier molecular flexibility index (Phi) is 8.08. The van der Waals surface area contributed by atoms with Gasteiger partial charge in [0, 0.05) is 11.5 Å². The Morgan fingerprint density at radius 3 is 1.60 bits per heavy atom. The van der Waals surface area contributed by atoms with Crippen molar-refractivity contribution in [2.75, 3.05) is 24.7 Å². The van der Waals surface area contributed by atoms with E-state index in [1.807, 2.05) is 0 Å². The van der Waals surface area contributed by atoms with E-state index in [-0.39, 0.29) is 13.2 Å². The van der Waals surface area contributed by atoms with Crippen molar-refractivity contribution in [1.82, 2.24) is 0 Å². The van der Waals surface area contributed by atoms with Crippen LogP contribution >= 0.6 is 23.5 Å².